The predicted octanol–water partition coefficient (Wildman–Crippen LogP) is 1.58. The van der Waals surface area contributed by atoms with Crippen LogP contribution in [0, 0.1) is 15.9 Å². The van der Waals surface area contributed by atoms with Gasteiger partial charge in [-0.15, -0.1) is 0 Å². The first-order chi connectivity index (χ1) is 8.28. The maximum atomic E-state index is 13.0. The summed E-state index contributed by atoms with van der Waals surface area (Å²) in [5, 5.41) is 13.2. The van der Waals surface area contributed by atoms with Crippen molar-refractivity contribution in [2.45, 2.75) is 6.42 Å². The lowest BCUT2D eigenvalue weighted by Crippen LogP contribution is -2.10. The van der Waals surface area contributed by atoms with Crippen LogP contribution in [0.5, 0.6) is 0 Å². The second kappa shape index (κ2) is 5.76. The molecule has 0 aliphatic rings. The molecular weight excluding hydrogens is 263 g/mol. The maximum absolute atomic E-state index is 13.0. The first-order valence-electron chi connectivity index (χ1n) is 5.14. The Morgan fingerprint density at radius 1 is 1.39 bits per heavy atom. The van der Waals surface area contributed by atoms with Gasteiger partial charge >= 0.3 is 0 Å². The van der Waals surface area contributed by atoms with E-state index in [9.17, 15) is 22.9 Å². The number of nitrogens with zero attached hydrogens (tertiary/aromatic N) is 1. The molecule has 0 heterocycles. The first-order valence-corrected chi connectivity index (χ1v) is 7.20. The topological polar surface area (TPSA) is 89.3 Å². The fraction of sp³-hybridized carbons (Fsp3) is 0.400. The van der Waals surface area contributed by atoms with Gasteiger partial charge in [-0.2, -0.15) is 0 Å². The van der Waals surface area contributed by atoms with E-state index in [1.165, 1.54) is 6.07 Å². The summed E-state index contributed by atoms with van der Waals surface area (Å²) < 4.78 is 34.8. The highest BCUT2D eigenvalue weighted by Crippen LogP contribution is 2.19. The van der Waals surface area contributed by atoms with Crippen LogP contribution in [0.15, 0.2) is 18.2 Å². The number of nitro benzene ring substituents is 1. The summed E-state index contributed by atoms with van der Waals surface area (Å²) in [7, 11) is -3.03. The molecule has 0 saturated heterocycles. The van der Waals surface area contributed by atoms with E-state index < -0.39 is 20.6 Å². The monoisotopic (exact) mass is 276 g/mol. The summed E-state index contributed by atoms with van der Waals surface area (Å²) in [6, 6.07) is 3.14. The molecule has 100 valence electrons. The van der Waals surface area contributed by atoms with Crippen LogP contribution in [-0.4, -0.2) is 31.9 Å². The number of halogens is 1. The minimum absolute atomic E-state index is 0.0113. The Morgan fingerprint density at radius 2 is 2.06 bits per heavy atom. The number of hydrogen-bond acceptors (Lipinski definition) is 5. The molecule has 0 saturated carbocycles. The zero-order valence-electron chi connectivity index (χ0n) is 9.72. The largest absolute Gasteiger partial charge is 0.385 e. The second-order valence-corrected chi connectivity index (χ2v) is 6.13. The van der Waals surface area contributed by atoms with Crippen LogP contribution in [0.1, 0.15) is 6.42 Å². The van der Waals surface area contributed by atoms with Crippen LogP contribution < -0.4 is 5.32 Å². The summed E-state index contributed by atoms with van der Waals surface area (Å²) in [5.41, 5.74) is -0.0872. The first kappa shape index (κ1) is 14.4. The molecule has 6 nitrogen and oxygen atoms in total. The molecule has 8 heteroatoms. The molecule has 0 atom stereocenters. The molecule has 0 fully saturated rings. The van der Waals surface area contributed by atoms with Gasteiger partial charge in [-0.05, 0) is 12.5 Å². The van der Waals surface area contributed by atoms with Gasteiger partial charge < -0.3 is 5.32 Å². The van der Waals surface area contributed by atoms with Crippen LogP contribution in [0.2, 0.25) is 0 Å². The number of nitro groups is 1. The zero-order valence-corrected chi connectivity index (χ0v) is 10.5. The predicted molar refractivity (Wildman–Crippen MR) is 65.9 cm³/mol. The Labute approximate surface area is 104 Å². The molecule has 0 aliphatic heterocycles. The number of hydrogen-bond donors (Lipinski definition) is 1. The van der Waals surface area contributed by atoms with Crippen molar-refractivity contribution < 1.29 is 17.7 Å². The summed E-state index contributed by atoms with van der Waals surface area (Å²) in [4.78, 5) is 9.81. The third-order valence-electron chi connectivity index (χ3n) is 2.11. The molecule has 0 amide bonds. The van der Waals surface area contributed by atoms with Crippen LogP contribution in [0.3, 0.4) is 0 Å². The lowest BCUT2D eigenvalue weighted by molar-refractivity contribution is -0.385. The molecule has 0 radical (unpaired) electrons. The molecule has 1 aromatic carbocycles. The molecule has 0 bridgehead atoms. The molecular formula is C10H13FN2O4S. The summed E-state index contributed by atoms with van der Waals surface area (Å²) in [6.07, 6.45) is 1.48. The average molecular weight is 276 g/mol. The third kappa shape index (κ3) is 5.09. The molecule has 18 heavy (non-hydrogen) atoms. The van der Waals surface area contributed by atoms with Gasteiger partial charge in [0.2, 0.25) is 0 Å². The zero-order chi connectivity index (χ0) is 13.8. The van der Waals surface area contributed by atoms with Gasteiger partial charge in [0.15, 0.2) is 0 Å². The van der Waals surface area contributed by atoms with Crippen LogP contribution in [-0.2, 0) is 9.84 Å². The van der Waals surface area contributed by atoms with Crippen molar-refractivity contribution in [2.24, 2.45) is 0 Å². The van der Waals surface area contributed by atoms with E-state index in [4.69, 9.17) is 0 Å². The van der Waals surface area contributed by atoms with Gasteiger partial charge in [0.1, 0.15) is 15.7 Å². The van der Waals surface area contributed by atoms with Crippen LogP contribution in [0.4, 0.5) is 15.8 Å². The van der Waals surface area contributed by atoms with E-state index in [0.717, 1.165) is 18.4 Å². The van der Waals surface area contributed by atoms with Crippen LogP contribution in [0.25, 0.3) is 0 Å². The van der Waals surface area contributed by atoms with E-state index in [1.807, 2.05) is 0 Å². The van der Waals surface area contributed by atoms with Crippen LogP contribution >= 0.6 is 0 Å². The van der Waals surface area contributed by atoms with E-state index in [1.54, 1.807) is 0 Å². The fourth-order valence-corrected chi connectivity index (χ4v) is 2.02. The smallest absolute Gasteiger partial charge is 0.274 e. The number of benzene rings is 1. The standard InChI is InChI=1S/C10H13FN2O4S/c1-18(16,17)4-2-3-12-9-5-8(11)6-10(7-9)13(14)15/h5-7,12H,2-4H2,1H3. The molecule has 1 N–H and O–H groups in total. The third-order valence-corrected chi connectivity index (χ3v) is 3.14. The lowest BCUT2D eigenvalue weighted by atomic mass is 10.2. The minimum atomic E-state index is -3.03. The van der Waals surface area contributed by atoms with Gasteiger partial charge in [-0.25, -0.2) is 12.8 Å². The molecule has 0 spiro atoms. The quantitative estimate of drug-likeness (QED) is 0.484. The average Bonchev–Trinajstić information content (AvgIpc) is 2.22. The van der Waals surface area contributed by atoms with Crippen molar-refractivity contribution in [2.75, 3.05) is 23.9 Å². The Morgan fingerprint density at radius 3 is 2.61 bits per heavy atom. The summed E-state index contributed by atoms with van der Waals surface area (Å²) >= 11 is 0. The van der Waals surface area contributed by atoms with E-state index >= 15 is 0 Å². The van der Waals surface area contributed by atoms with E-state index in [2.05, 4.69) is 5.32 Å². The molecule has 0 unspecified atom stereocenters. The van der Waals surface area contributed by atoms with Crippen molar-refractivity contribution in [1.82, 2.24) is 0 Å². The van der Waals surface area contributed by atoms with Crippen molar-refractivity contribution >= 4 is 21.2 Å². The SMILES string of the molecule is CS(=O)(=O)CCCNc1cc(F)cc([N+](=O)[O-])c1. The van der Waals surface area contributed by atoms with Crippen molar-refractivity contribution in [1.29, 1.82) is 0 Å². The second-order valence-electron chi connectivity index (χ2n) is 3.87. The Kier molecular flexibility index (Phi) is 4.60. The highest BCUT2D eigenvalue weighted by Gasteiger charge is 2.09. The number of anilines is 1. The number of sulfone groups is 1. The van der Waals surface area contributed by atoms with Gasteiger partial charge in [0.05, 0.1) is 16.7 Å². The van der Waals surface area contributed by atoms with Gasteiger partial charge in [0, 0.05) is 24.6 Å². The van der Waals surface area contributed by atoms with Crippen molar-refractivity contribution in [3.8, 4) is 0 Å². The fourth-order valence-electron chi connectivity index (χ4n) is 1.35. The van der Waals surface area contributed by atoms with E-state index in [0.29, 0.717) is 13.0 Å². The highest BCUT2D eigenvalue weighted by molar-refractivity contribution is 7.90. The lowest BCUT2D eigenvalue weighted by Gasteiger charge is -2.05. The molecule has 1 aromatic rings. The number of rotatable bonds is 6. The van der Waals surface area contributed by atoms with Crippen molar-refractivity contribution in [3.63, 3.8) is 0 Å². The molecule has 0 aliphatic carbocycles. The minimum Gasteiger partial charge on any atom is -0.385 e. The van der Waals surface area contributed by atoms with Gasteiger partial charge in [-0.1, -0.05) is 0 Å². The van der Waals surface area contributed by atoms with Crippen molar-refractivity contribution in [3.05, 3.63) is 34.1 Å². The summed E-state index contributed by atoms with van der Waals surface area (Å²) in [5.74, 6) is -0.702. The Balaban J connectivity index is 2.60. The van der Waals surface area contributed by atoms with Gasteiger partial charge in [-0.3, -0.25) is 10.1 Å². The van der Waals surface area contributed by atoms with Gasteiger partial charge in [0.25, 0.3) is 5.69 Å². The molecule has 1 rings (SSSR count). The summed E-state index contributed by atoms with van der Waals surface area (Å²) in [6.45, 7) is 0.299. The molecule has 0 aromatic heterocycles. The normalized spacial score (nSPS) is 11.2. The number of non-ortho nitro benzene ring substituents is 1. The number of nitrogens with one attached hydrogen (secondary N) is 1. The maximum Gasteiger partial charge on any atom is 0.274 e. The highest BCUT2D eigenvalue weighted by atomic mass is 32.2. The Hall–Kier alpha value is -1.70. The Bertz CT molecular complexity index is 545. The van der Waals surface area contributed by atoms with E-state index in [-0.39, 0.29) is 17.1 Å².